The number of rotatable bonds is 9. The van der Waals surface area contributed by atoms with Gasteiger partial charge in [-0.1, -0.05) is 12.8 Å². The predicted octanol–water partition coefficient (Wildman–Crippen LogP) is 3.39. The van der Waals surface area contributed by atoms with Crippen molar-refractivity contribution in [2.75, 3.05) is 0 Å². The summed E-state index contributed by atoms with van der Waals surface area (Å²) in [5.74, 6) is -0.882. The maximum absolute atomic E-state index is 11.5. The molecule has 0 atom stereocenters. The standard InChI is InChI=1S/C13H17BrN2O3S/c14-11-8-7-10(20-11)9-15-16-12(17)5-3-1-2-4-6-13(18)19/h7-9H,1-6H2,(H,16,17)(H,18,19)/b15-9+. The van der Waals surface area contributed by atoms with Gasteiger partial charge in [0.15, 0.2) is 0 Å². The Morgan fingerprint density at radius 2 is 1.95 bits per heavy atom. The van der Waals surface area contributed by atoms with Crippen LogP contribution in [0.2, 0.25) is 0 Å². The first-order valence-electron chi connectivity index (χ1n) is 6.37. The largest absolute Gasteiger partial charge is 0.481 e. The van der Waals surface area contributed by atoms with E-state index >= 15 is 0 Å². The molecule has 1 heterocycles. The molecule has 5 nitrogen and oxygen atoms in total. The molecule has 0 aliphatic carbocycles. The van der Waals surface area contributed by atoms with Crippen molar-refractivity contribution in [2.24, 2.45) is 5.10 Å². The molecule has 1 rings (SSSR count). The van der Waals surface area contributed by atoms with E-state index in [9.17, 15) is 9.59 Å². The first-order valence-corrected chi connectivity index (χ1v) is 7.98. The number of hydrazone groups is 1. The van der Waals surface area contributed by atoms with E-state index in [1.54, 1.807) is 6.21 Å². The first kappa shape index (κ1) is 16.8. The Balaban J connectivity index is 2.06. The Morgan fingerprint density at radius 1 is 1.25 bits per heavy atom. The molecule has 1 aromatic heterocycles. The minimum absolute atomic E-state index is 0.116. The van der Waals surface area contributed by atoms with Gasteiger partial charge in [-0.25, -0.2) is 5.43 Å². The third-order valence-electron chi connectivity index (χ3n) is 2.52. The van der Waals surface area contributed by atoms with Gasteiger partial charge in [0.05, 0.1) is 10.0 Å². The van der Waals surface area contributed by atoms with Gasteiger partial charge < -0.3 is 5.11 Å². The number of hydrogen-bond acceptors (Lipinski definition) is 4. The smallest absolute Gasteiger partial charge is 0.303 e. The summed E-state index contributed by atoms with van der Waals surface area (Å²) in [6.45, 7) is 0. The monoisotopic (exact) mass is 360 g/mol. The normalized spacial score (nSPS) is 10.8. The van der Waals surface area contributed by atoms with Gasteiger partial charge in [-0.15, -0.1) is 11.3 Å². The molecule has 0 saturated heterocycles. The maximum atomic E-state index is 11.5. The second-order valence-electron chi connectivity index (χ2n) is 4.24. The molecule has 0 aliphatic rings. The van der Waals surface area contributed by atoms with Gasteiger partial charge in [0, 0.05) is 17.7 Å². The number of carboxylic acids is 1. The van der Waals surface area contributed by atoms with Gasteiger partial charge in [-0.2, -0.15) is 5.10 Å². The number of nitrogens with zero attached hydrogens (tertiary/aromatic N) is 1. The lowest BCUT2D eigenvalue weighted by Gasteiger charge is -2.00. The molecule has 0 aromatic carbocycles. The predicted molar refractivity (Wildman–Crippen MR) is 83.1 cm³/mol. The van der Waals surface area contributed by atoms with Crippen molar-refractivity contribution < 1.29 is 14.7 Å². The Hall–Kier alpha value is -1.21. The SMILES string of the molecule is O=C(O)CCCCCCC(=O)N/N=C/c1ccc(Br)s1. The highest BCUT2D eigenvalue weighted by atomic mass is 79.9. The maximum Gasteiger partial charge on any atom is 0.303 e. The van der Waals surface area contributed by atoms with Crippen molar-refractivity contribution in [3.63, 3.8) is 0 Å². The second-order valence-corrected chi connectivity index (χ2v) is 6.74. The van der Waals surface area contributed by atoms with Gasteiger partial charge in [-0.3, -0.25) is 9.59 Å². The van der Waals surface area contributed by atoms with Crippen LogP contribution in [-0.4, -0.2) is 23.2 Å². The molecule has 0 bridgehead atoms. The van der Waals surface area contributed by atoms with Crippen LogP contribution in [0.1, 0.15) is 43.4 Å². The average Bonchev–Trinajstić information content (AvgIpc) is 2.79. The van der Waals surface area contributed by atoms with E-state index in [4.69, 9.17) is 5.11 Å². The van der Waals surface area contributed by atoms with E-state index in [0.29, 0.717) is 12.8 Å². The number of carbonyl (C=O) groups is 2. The topological polar surface area (TPSA) is 78.8 Å². The number of carbonyl (C=O) groups excluding carboxylic acids is 1. The minimum Gasteiger partial charge on any atom is -0.481 e. The number of halogens is 1. The fourth-order valence-electron chi connectivity index (χ4n) is 1.54. The lowest BCUT2D eigenvalue weighted by atomic mass is 10.1. The minimum atomic E-state index is -0.766. The van der Waals surface area contributed by atoms with Crippen LogP contribution in [0.15, 0.2) is 21.0 Å². The summed E-state index contributed by atoms with van der Waals surface area (Å²) in [5, 5.41) is 12.3. The van der Waals surface area contributed by atoms with Gasteiger partial charge in [0.1, 0.15) is 0 Å². The molecule has 1 aromatic rings. The summed E-state index contributed by atoms with van der Waals surface area (Å²) in [6.07, 6.45) is 5.35. The fourth-order valence-corrected chi connectivity index (χ4v) is 2.83. The van der Waals surface area contributed by atoms with Crippen LogP contribution < -0.4 is 5.43 Å². The van der Waals surface area contributed by atoms with Crippen LogP contribution in [0, 0.1) is 0 Å². The molecule has 0 saturated carbocycles. The molecule has 20 heavy (non-hydrogen) atoms. The highest BCUT2D eigenvalue weighted by Gasteiger charge is 2.01. The third-order valence-corrected chi connectivity index (χ3v) is 4.08. The second kappa shape index (κ2) is 9.66. The molecule has 0 unspecified atom stereocenters. The molecule has 0 radical (unpaired) electrons. The number of amides is 1. The zero-order valence-electron chi connectivity index (χ0n) is 11.0. The van der Waals surface area contributed by atoms with E-state index < -0.39 is 5.97 Å². The van der Waals surface area contributed by atoms with E-state index in [1.165, 1.54) is 11.3 Å². The van der Waals surface area contributed by atoms with Crippen molar-refractivity contribution in [1.29, 1.82) is 0 Å². The van der Waals surface area contributed by atoms with Crippen LogP contribution >= 0.6 is 27.3 Å². The molecular weight excluding hydrogens is 344 g/mol. The number of thiophene rings is 1. The molecule has 0 spiro atoms. The van der Waals surface area contributed by atoms with Crippen molar-refractivity contribution in [3.05, 3.63) is 20.8 Å². The van der Waals surface area contributed by atoms with Gasteiger partial charge >= 0.3 is 5.97 Å². The highest BCUT2D eigenvalue weighted by molar-refractivity contribution is 9.11. The fraction of sp³-hybridized carbons (Fsp3) is 0.462. The summed E-state index contributed by atoms with van der Waals surface area (Å²) >= 11 is 4.89. The Kier molecular flexibility index (Phi) is 8.13. The van der Waals surface area contributed by atoms with E-state index in [0.717, 1.165) is 27.9 Å². The molecule has 2 N–H and O–H groups in total. The van der Waals surface area contributed by atoms with Gasteiger partial charge in [0.2, 0.25) is 5.91 Å². The van der Waals surface area contributed by atoms with Crippen LogP contribution in [0.3, 0.4) is 0 Å². The van der Waals surface area contributed by atoms with Gasteiger partial charge in [0.25, 0.3) is 0 Å². The summed E-state index contributed by atoms with van der Waals surface area (Å²) in [7, 11) is 0. The number of aliphatic carboxylic acids is 1. The van der Waals surface area contributed by atoms with Crippen LogP contribution in [0.4, 0.5) is 0 Å². The zero-order chi connectivity index (χ0) is 14.8. The van der Waals surface area contributed by atoms with Crippen LogP contribution in [0.25, 0.3) is 0 Å². The summed E-state index contributed by atoms with van der Waals surface area (Å²) < 4.78 is 1.02. The van der Waals surface area contributed by atoms with E-state index in [1.807, 2.05) is 12.1 Å². The Bertz CT molecular complexity index is 474. The molecule has 110 valence electrons. The molecule has 7 heteroatoms. The van der Waals surface area contributed by atoms with E-state index in [-0.39, 0.29) is 12.3 Å². The number of carboxylic acid groups (broad SMARTS) is 1. The highest BCUT2D eigenvalue weighted by Crippen LogP contribution is 2.20. The van der Waals surface area contributed by atoms with Crippen LogP contribution in [0.5, 0.6) is 0 Å². The quantitative estimate of drug-likeness (QED) is 0.402. The summed E-state index contributed by atoms with van der Waals surface area (Å²) in [6, 6.07) is 3.83. The molecule has 0 aliphatic heterocycles. The Labute approximate surface area is 130 Å². The molecular formula is C13H17BrN2O3S. The summed E-state index contributed by atoms with van der Waals surface area (Å²) in [4.78, 5) is 22.7. The Morgan fingerprint density at radius 3 is 2.55 bits per heavy atom. The zero-order valence-corrected chi connectivity index (χ0v) is 13.4. The van der Waals surface area contributed by atoms with Crippen molar-refractivity contribution >= 4 is 45.4 Å². The van der Waals surface area contributed by atoms with Gasteiger partial charge in [-0.05, 0) is 40.9 Å². The lowest BCUT2D eigenvalue weighted by molar-refractivity contribution is -0.137. The lowest BCUT2D eigenvalue weighted by Crippen LogP contribution is -2.16. The number of nitrogens with one attached hydrogen (secondary N) is 1. The summed E-state index contributed by atoms with van der Waals surface area (Å²) in [5.41, 5.74) is 2.48. The third kappa shape index (κ3) is 8.06. The number of unbranched alkanes of at least 4 members (excludes halogenated alkanes) is 3. The van der Waals surface area contributed by atoms with Crippen molar-refractivity contribution in [3.8, 4) is 0 Å². The molecule has 1 amide bonds. The van der Waals surface area contributed by atoms with Crippen molar-refractivity contribution in [2.45, 2.75) is 38.5 Å². The molecule has 0 fully saturated rings. The van der Waals surface area contributed by atoms with Crippen molar-refractivity contribution in [1.82, 2.24) is 5.43 Å². The van der Waals surface area contributed by atoms with Crippen LogP contribution in [-0.2, 0) is 9.59 Å². The first-order chi connectivity index (χ1) is 9.58. The number of hydrogen-bond donors (Lipinski definition) is 2. The van der Waals surface area contributed by atoms with E-state index in [2.05, 4.69) is 26.5 Å². The average molecular weight is 361 g/mol.